The molecule has 3 aromatic carbocycles. The molecule has 19 heavy (non-hydrogen) atoms. The van der Waals surface area contributed by atoms with E-state index < -0.39 is 0 Å². The summed E-state index contributed by atoms with van der Waals surface area (Å²) < 4.78 is 0. The number of fused-ring (bicyclic) bond motifs is 1. The third kappa shape index (κ3) is 2.15. The van der Waals surface area contributed by atoms with Gasteiger partial charge in [0.15, 0.2) is 0 Å². The quantitative estimate of drug-likeness (QED) is 0.561. The molecule has 0 saturated carbocycles. The summed E-state index contributed by atoms with van der Waals surface area (Å²) in [5.74, 6) is 1.35. The number of benzene rings is 3. The van der Waals surface area contributed by atoms with Crippen LogP contribution in [0.1, 0.15) is 19.4 Å². The number of hydrogen-bond donors (Lipinski definition) is 0. The molecule has 0 heterocycles. The fourth-order valence-electron chi connectivity index (χ4n) is 2.61. The molecular weight excluding hydrogens is 228 g/mol. The molecule has 0 amide bonds. The Morgan fingerprint density at radius 3 is 2.11 bits per heavy atom. The van der Waals surface area contributed by atoms with E-state index in [1.165, 1.54) is 33.4 Å². The summed E-state index contributed by atoms with van der Waals surface area (Å²) in [6, 6.07) is 23.7. The molecule has 0 aliphatic carbocycles. The first-order chi connectivity index (χ1) is 9.27. The first-order valence-corrected chi connectivity index (χ1v) is 6.65. The molecule has 0 nitrogen and oxygen atoms in total. The lowest BCUT2D eigenvalue weighted by Gasteiger charge is -2.14. The molecule has 0 atom stereocenters. The van der Waals surface area contributed by atoms with Gasteiger partial charge in [-0.25, -0.2) is 0 Å². The Labute approximate surface area is 114 Å². The Balaban J connectivity index is 2.31. The Bertz CT molecular complexity index is 703. The largest absolute Gasteiger partial charge is 0.0619 e. The molecule has 3 aromatic rings. The van der Waals surface area contributed by atoms with E-state index in [0.717, 1.165) is 0 Å². The van der Waals surface area contributed by atoms with E-state index in [0.29, 0.717) is 0 Å². The van der Waals surface area contributed by atoms with Crippen molar-refractivity contribution in [2.75, 3.05) is 0 Å². The zero-order valence-electron chi connectivity index (χ0n) is 11.4. The third-order valence-electron chi connectivity index (χ3n) is 3.55. The van der Waals surface area contributed by atoms with Crippen molar-refractivity contribution in [3.05, 3.63) is 78.2 Å². The van der Waals surface area contributed by atoms with E-state index in [9.17, 15) is 0 Å². The zero-order valence-corrected chi connectivity index (χ0v) is 11.4. The highest BCUT2D eigenvalue weighted by Crippen LogP contribution is 2.33. The van der Waals surface area contributed by atoms with Crippen molar-refractivity contribution in [3.8, 4) is 11.1 Å². The van der Waals surface area contributed by atoms with Gasteiger partial charge in [-0.15, -0.1) is 0 Å². The summed E-state index contributed by atoms with van der Waals surface area (Å²) in [5.41, 5.74) is 3.97. The fourth-order valence-corrected chi connectivity index (χ4v) is 2.61. The third-order valence-corrected chi connectivity index (χ3v) is 3.55. The topological polar surface area (TPSA) is 0 Å². The van der Waals surface area contributed by atoms with E-state index >= 15 is 0 Å². The Morgan fingerprint density at radius 2 is 1.26 bits per heavy atom. The molecule has 0 N–H and O–H groups in total. The smallest absolute Gasteiger partial charge is 0.000568 e. The van der Waals surface area contributed by atoms with Crippen LogP contribution in [-0.4, -0.2) is 0 Å². The lowest BCUT2D eigenvalue weighted by atomic mass is 9.90. The van der Waals surface area contributed by atoms with Gasteiger partial charge in [0.05, 0.1) is 0 Å². The minimum atomic E-state index is 1.29. The van der Waals surface area contributed by atoms with Crippen molar-refractivity contribution < 1.29 is 0 Å². The average Bonchev–Trinajstić information content (AvgIpc) is 2.46. The van der Waals surface area contributed by atoms with Crippen molar-refractivity contribution in [2.24, 2.45) is 0 Å². The average molecular weight is 245 g/mol. The highest BCUT2D eigenvalue weighted by atomic mass is 14.1. The Hall–Kier alpha value is -2.08. The second-order valence-corrected chi connectivity index (χ2v) is 5.07. The summed E-state index contributed by atoms with van der Waals surface area (Å²) in [7, 11) is 0. The van der Waals surface area contributed by atoms with Crippen LogP contribution < -0.4 is 0 Å². The van der Waals surface area contributed by atoms with Gasteiger partial charge in [0.25, 0.3) is 0 Å². The molecule has 0 aliphatic rings. The second kappa shape index (κ2) is 4.89. The van der Waals surface area contributed by atoms with Crippen LogP contribution in [0, 0.1) is 5.92 Å². The van der Waals surface area contributed by atoms with Crippen LogP contribution in [0.4, 0.5) is 0 Å². The standard InChI is InChI=1S/C19H17/c1-14(2)16-10-5-6-12-18(16)19-13-7-9-15-8-3-4-11-17(15)19/h3-13H,1-2H3. The molecule has 0 bridgehead atoms. The van der Waals surface area contributed by atoms with Crippen LogP contribution >= 0.6 is 0 Å². The molecule has 0 unspecified atom stereocenters. The maximum Gasteiger partial charge on any atom is -0.000568 e. The van der Waals surface area contributed by atoms with Gasteiger partial charge in [-0.1, -0.05) is 80.6 Å². The molecule has 3 rings (SSSR count). The molecule has 0 saturated heterocycles. The Morgan fingerprint density at radius 1 is 0.632 bits per heavy atom. The molecular formula is C19H17. The van der Waals surface area contributed by atoms with Crippen molar-refractivity contribution in [1.82, 2.24) is 0 Å². The van der Waals surface area contributed by atoms with Gasteiger partial charge < -0.3 is 0 Å². The molecule has 93 valence electrons. The highest BCUT2D eigenvalue weighted by Gasteiger charge is 2.10. The van der Waals surface area contributed by atoms with E-state index in [2.05, 4.69) is 80.6 Å². The Kier molecular flexibility index (Phi) is 3.08. The van der Waals surface area contributed by atoms with Crippen LogP contribution in [0.15, 0.2) is 66.7 Å². The summed E-state index contributed by atoms with van der Waals surface area (Å²) in [6.45, 7) is 4.34. The minimum Gasteiger partial charge on any atom is -0.0619 e. The maximum atomic E-state index is 2.21. The molecule has 0 heteroatoms. The maximum absolute atomic E-state index is 2.21. The van der Waals surface area contributed by atoms with Gasteiger partial charge in [0.2, 0.25) is 0 Å². The molecule has 0 aliphatic heterocycles. The predicted molar refractivity (Wildman–Crippen MR) is 83.1 cm³/mol. The first kappa shape index (κ1) is 12.0. The van der Waals surface area contributed by atoms with Gasteiger partial charge in [-0.05, 0) is 33.4 Å². The van der Waals surface area contributed by atoms with Crippen molar-refractivity contribution in [2.45, 2.75) is 13.8 Å². The predicted octanol–water partition coefficient (Wildman–Crippen LogP) is 5.47. The molecule has 1 radical (unpaired) electrons. The van der Waals surface area contributed by atoms with E-state index in [-0.39, 0.29) is 0 Å². The first-order valence-electron chi connectivity index (χ1n) is 6.65. The van der Waals surface area contributed by atoms with Crippen molar-refractivity contribution >= 4 is 10.8 Å². The normalized spacial score (nSPS) is 11.1. The summed E-state index contributed by atoms with van der Waals surface area (Å²) in [5, 5.41) is 2.61. The molecule has 0 spiro atoms. The van der Waals surface area contributed by atoms with Crippen LogP contribution in [-0.2, 0) is 0 Å². The monoisotopic (exact) mass is 245 g/mol. The zero-order chi connectivity index (χ0) is 13.2. The van der Waals surface area contributed by atoms with Crippen LogP contribution in [0.3, 0.4) is 0 Å². The van der Waals surface area contributed by atoms with Gasteiger partial charge >= 0.3 is 0 Å². The summed E-state index contributed by atoms with van der Waals surface area (Å²) in [6.07, 6.45) is 0. The van der Waals surface area contributed by atoms with Gasteiger partial charge in [-0.3, -0.25) is 0 Å². The van der Waals surface area contributed by atoms with Gasteiger partial charge in [0, 0.05) is 0 Å². The fraction of sp³-hybridized carbons (Fsp3) is 0.105. The number of hydrogen-bond acceptors (Lipinski definition) is 0. The summed E-state index contributed by atoms with van der Waals surface area (Å²) >= 11 is 0. The van der Waals surface area contributed by atoms with Crippen LogP contribution in [0.2, 0.25) is 0 Å². The van der Waals surface area contributed by atoms with E-state index in [1.54, 1.807) is 0 Å². The van der Waals surface area contributed by atoms with E-state index in [1.807, 2.05) is 0 Å². The molecule has 0 aromatic heterocycles. The van der Waals surface area contributed by atoms with Crippen molar-refractivity contribution in [1.29, 1.82) is 0 Å². The van der Waals surface area contributed by atoms with Crippen LogP contribution in [0.5, 0.6) is 0 Å². The molecule has 0 fully saturated rings. The van der Waals surface area contributed by atoms with E-state index in [4.69, 9.17) is 0 Å². The second-order valence-electron chi connectivity index (χ2n) is 5.07. The lowest BCUT2D eigenvalue weighted by Crippen LogP contribution is -1.93. The number of rotatable bonds is 2. The lowest BCUT2D eigenvalue weighted by molar-refractivity contribution is 1.15. The minimum absolute atomic E-state index is 1.29. The summed E-state index contributed by atoms with van der Waals surface area (Å²) in [4.78, 5) is 0. The highest BCUT2D eigenvalue weighted by molar-refractivity contribution is 5.97. The van der Waals surface area contributed by atoms with Crippen molar-refractivity contribution in [3.63, 3.8) is 0 Å². The van der Waals surface area contributed by atoms with Gasteiger partial charge in [-0.2, -0.15) is 0 Å². The van der Waals surface area contributed by atoms with Gasteiger partial charge in [0.1, 0.15) is 0 Å². The van der Waals surface area contributed by atoms with Crippen LogP contribution in [0.25, 0.3) is 21.9 Å². The SMILES string of the molecule is C[C](C)c1ccccc1-c1cccc2ccccc12.